The molecule has 1 heteroatoms. The molecule has 1 nitrogen and oxygen atoms in total. The third-order valence-electron chi connectivity index (χ3n) is 5.26. The summed E-state index contributed by atoms with van der Waals surface area (Å²) in [7, 11) is 0. The van der Waals surface area contributed by atoms with Crippen LogP contribution >= 0.6 is 0 Å². The molecule has 0 aromatic heterocycles. The van der Waals surface area contributed by atoms with Gasteiger partial charge in [0.25, 0.3) is 0 Å². The third-order valence-corrected chi connectivity index (χ3v) is 5.26. The Balaban J connectivity index is 1.49. The molecule has 0 unspecified atom stereocenters. The molecule has 3 rings (SSSR count). The Morgan fingerprint density at radius 3 is 2.13 bits per heavy atom. The van der Waals surface area contributed by atoms with Gasteiger partial charge in [0.2, 0.25) is 0 Å². The Labute approximate surface area is 92.6 Å². The Bertz CT molecular complexity index is 257. The van der Waals surface area contributed by atoms with E-state index >= 15 is 0 Å². The second-order valence-corrected chi connectivity index (χ2v) is 6.58. The fraction of sp³-hybridized carbons (Fsp3) is 0.929. The predicted octanol–water partition coefficient (Wildman–Crippen LogP) is 3.57. The third kappa shape index (κ3) is 1.64. The van der Waals surface area contributed by atoms with E-state index in [1.165, 1.54) is 38.5 Å². The molecule has 0 aromatic rings. The first kappa shape index (κ1) is 9.86. The highest BCUT2D eigenvalue weighted by Crippen LogP contribution is 2.60. The molecule has 84 valence electrons. The van der Waals surface area contributed by atoms with Crippen LogP contribution < -0.4 is 0 Å². The maximum Gasteiger partial charge on any atom is 0.134 e. The summed E-state index contributed by atoms with van der Waals surface area (Å²) in [5.41, 5.74) is 0.533. The summed E-state index contributed by atoms with van der Waals surface area (Å²) >= 11 is 0. The number of hydrogen-bond donors (Lipinski definition) is 0. The number of carbonyl (C=O) groups excluding carboxylic acids is 1. The van der Waals surface area contributed by atoms with Crippen molar-refractivity contribution >= 4 is 5.78 Å². The molecule has 0 saturated heterocycles. The van der Waals surface area contributed by atoms with Crippen molar-refractivity contribution in [1.29, 1.82) is 0 Å². The molecule has 0 bridgehead atoms. The van der Waals surface area contributed by atoms with E-state index in [9.17, 15) is 4.79 Å². The molecule has 3 aliphatic carbocycles. The maximum absolute atomic E-state index is 11.0. The van der Waals surface area contributed by atoms with Crippen molar-refractivity contribution in [2.24, 2.45) is 23.2 Å². The minimum Gasteiger partial charge on any atom is -0.300 e. The van der Waals surface area contributed by atoms with Crippen molar-refractivity contribution in [3.63, 3.8) is 0 Å². The predicted molar refractivity (Wildman–Crippen MR) is 60.5 cm³/mol. The van der Waals surface area contributed by atoms with Crippen molar-refractivity contribution < 1.29 is 4.79 Å². The lowest BCUT2D eigenvalue weighted by molar-refractivity contribution is -0.145. The zero-order chi connectivity index (χ0) is 10.5. The summed E-state index contributed by atoms with van der Waals surface area (Å²) in [6.45, 7) is 2.39. The summed E-state index contributed by atoms with van der Waals surface area (Å²) in [4.78, 5) is 11.0. The molecule has 3 aliphatic rings. The van der Waals surface area contributed by atoms with Crippen LogP contribution in [0.2, 0.25) is 0 Å². The molecule has 3 fully saturated rings. The van der Waals surface area contributed by atoms with Gasteiger partial charge in [-0.25, -0.2) is 0 Å². The van der Waals surface area contributed by atoms with E-state index in [2.05, 4.69) is 6.92 Å². The van der Waals surface area contributed by atoms with Gasteiger partial charge in [-0.3, -0.25) is 4.79 Å². The van der Waals surface area contributed by atoms with Gasteiger partial charge in [-0.1, -0.05) is 19.8 Å². The van der Waals surface area contributed by atoms with Crippen LogP contribution in [0.5, 0.6) is 0 Å². The normalized spacial score (nSPS) is 39.9. The van der Waals surface area contributed by atoms with Crippen molar-refractivity contribution in [2.45, 2.75) is 58.3 Å². The molecule has 0 heterocycles. The second-order valence-electron chi connectivity index (χ2n) is 6.58. The van der Waals surface area contributed by atoms with Gasteiger partial charge < -0.3 is 0 Å². The lowest BCUT2D eigenvalue weighted by Crippen LogP contribution is -2.50. The van der Waals surface area contributed by atoms with Gasteiger partial charge in [0, 0.05) is 12.8 Å². The molecule has 0 radical (unpaired) electrons. The van der Waals surface area contributed by atoms with E-state index in [-0.39, 0.29) is 0 Å². The van der Waals surface area contributed by atoms with Crippen molar-refractivity contribution in [1.82, 2.24) is 0 Å². The Hall–Kier alpha value is -0.330. The summed E-state index contributed by atoms with van der Waals surface area (Å²) < 4.78 is 0. The standard InChI is InChI=1S/C14H22O/c1-10-2-4-11(5-3-10)12-6-14(7-12)8-13(15)9-14/h10-12H,2-9H2,1H3. The average molecular weight is 206 g/mol. The minimum atomic E-state index is 0.519. The van der Waals surface area contributed by atoms with Gasteiger partial charge in [-0.15, -0.1) is 0 Å². The molecule has 1 spiro atoms. The quantitative estimate of drug-likeness (QED) is 0.641. The lowest BCUT2D eigenvalue weighted by atomic mass is 9.48. The maximum atomic E-state index is 11.0. The zero-order valence-corrected chi connectivity index (χ0v) is 9.80. The largest absolute Gasteiger partial charge is 0.300 e. The van der Waals surface area contributed by atoms with E-state index in [4.69, 9.17) is 0 Å². The van der Waals surface area contributed by atoms with Crippen molar-refractivity contribution in [2.75, 3.05) is 0 Å². The molecular formula is C14H22O. The molecule has 0 aliphatic heterocycles. The van der Waals surface area contributed by atoms with Gasteiger partial charge in [0.15, 0.2) is 0 Å². The number of Topliss-reactive ketones (excluding diaryl/α,β-unsaturated/α-hetero) is 1. The lowest BCUT2D eigenvalue weighted by Gasteiger charge is -2.56. The molecule has 3 saturated carbocycles. The van der Waals surface area contributed by atoms with Crippen LogP contribution in [-0.2, 0) is 4.79 Å². The monoisotopic (exact) mass is 206 g/mol. The van der Waals surface area contributed by atoms with Crippen LogP contribution in [0.15, 0.2) is 0 Å². The number of hydrogen-bond acceptors (Lipinski definition) is 1. The van der Waals surface area contributed by atoms with Crippen molar-refractivity contribution in [3.05, 3.63) is 0 Å². The molecule has 15 heavy (non-hydrogen) atoms. The summed E-state index contributed by atoms with van der Waals surface area (Å²) in [6, 6.07) is 0. The summed E-state index contributed by atoms with van der Waals surface area (Å²) in [5.74, 6) is 3.50. The van der Waals surface area contributed by atoms with E-state index in [1.807, 2.05) is 0 Å². The first-order valence-electron chi connectivity index (χ1n) is 6.69. The molecule has 0 atom stereocenters. The van der Waals surface area contributed by atoms with Crippen LogP contribution in [0.4, 0.5) is 0 Å². The molecule has 0 amide bonds. The first-order valence-corrected chi connectivity index (χ1v) is 6.69. The topological polar surface area (TPSA) is 17.1 Å². The van der Waals surface area contributed by atoms with Crippen LogP contribution in [0.1, 0.15) is 58.3 Å². The van der Waals surface area contributed by atoms with E-state index in [1.54, 1.807) is 0 Å². The summed E-state index contributed by atoms with van der Waals surface area (Å²) in [6.07, 6.45) is 10.5. The molecule has 0 N–H and O–H groups in total. The number of ketones is 1. The number of rotatable bonds is 1. The second kappa shape index (κ2) is 3.33. The molecular weight excluding hydrogens is 184 g/mol. The number of carbonyl (C=O) groups is 1. The highest BCUT2D eigenvalue weighted by molar-refractivity contribution is 5.86. The van der Waals surface area contributed by atoms with Gasteiger partial charge in [0.1, 0.15) is 5.78 Å². The van der Waals surface area contributed by atoms with Crippen LogP contribution in [0, 0.1) is 23.2 Å². The smallest absolute Gasteiger partial charge is 0.134 e. The Morgan fingerprint density at radius 1 is 1.00 bits per heavy atom. The first-order chi connectivity index (χ1) is 7.17. The average Bonchev–Trinajstić information content (AvgIpc) is 2.11. The SMILES string of the molecule is CC1CCC(C2CC3(CC(=O)C3)C2)CC1. The Morgan fingerprint density at radius 2 is 1.60 bits per heavy atom. The van der Waals surface area contributed by atoms with Gasteiger partial charge in [-0.05, 0) is 48.9 Å². The highest BCUT2D eigenvalue weighted by atomic mass is 16.1. The van der Waals surface area contributed by atoms with E-state index in [0.717, 1.165) is 30.6 Å². The van der Waals surface area contributed by atoms with Crippen molar-refractivity contribution in [3.8, 4) is 0 Å². The van der Waals surface area contributed by atoms with Gasteiger partial charge in [0.05, 0.1) is 0 Å². The zero-order valence-electron chi connectivity index (χ0n) is 9.80. The summed E-state index contributed by atoms with van der Waals surface area (Å²) in [5, 5.41) is 0. The fourth-order valence-corrected chi connectivity index (χ4v) is 4.22. The van der Waals surface area contributed by atoms with Crippen LogP contribution in [0.3, 0.4) is 0 Å². The van der Waals surface area contributed by atoms with E-state index < -0.39 is 0 Å². The van der Waals surface area contributed by atoms with E-state index in [0.29, 0.717) is 11.2 Å². The fourth-order valence-electron chi connectivity index (χ4n) is 4.22. The Kier molecular flexibility index (Phi) is 2.19. The van der Waals surface area contributed by atoms with Gasteiger partial charge >= 0.3 is 0 Å². The van der Waals surface area contributed by atoms with Crippen LogP contribution in [-0.4, -0.2) is 5.78 Å². The molecule has 0 aromatic carbocycles. The van der Waals surface area contributed by atoms with Crippen LogP contribution in [0.25, 0.3) is 0 Å². The van der Waals surface area contributed by atoms with Gasteiger partial charge in [-0.2, -0.15) is 0 Å². The minimum absolute atomic E-state index is 0.519. The highest BCUT2D eigenvalue weighted by Gasteiger charge is 2.54.